The SMILES string of the molecule is CCc1nc(NN)cc(N2CCC(CC)CC2)n1. The Morgan fingerprint density at radius 3 is 2.61 bits per heavy atom. The van der Waals surface area contributed by atoms with Crippen LogP contribution in [-0.4, -0.2) is 23.1 Å². The van der Waals surface area contributed by atoms with Crippen molar-refractivity contribution in [2.45, 2.75) is 39.5 Å². The standard InChI is InChI=1S/C13H23N5/c1-3-10-5-7-18(8-6-10)13-9-12(17-14)15-11(4-2)16-13/h9-10H,3-8,14H2,1-2H3,(H,15,16,17). The molecule has 1 aliphatic rings. The van der Waals surface area contributed by atoms with Crippen LogP contribution in [0.2, 0.25) is 0 Å². The highest BCUT2D eigenvalue weighted by Gasteiger charge is 2.19. The van der Waals surface area contributed by atoms with Gasteiger partial charge in [-0.05, 0) is 18.8 Å². The number of hydrogen-bond acceptors (Lipinski definition) is 5. The van der Waals surface area contributed by atoms with E-state index in [-0.39, 0.29) is 0 Å². The van der Waals surface area contributed by atoms with E-state index in [0.717, 1.165) is 37.1 Å². The van der Waals surface area contributed by atoms with E-state index < -0.39 is 0 Å². The quantitative estimate of drug-likeness (QED) is 0.630. The first kappa shape index (κ1) is 13.1. The van der Waals surface area contributed by atoms with Gasteiger partial charge in [0, 0.05) is 25.6 Å². The fraction of sp³-hybridized carbons (Fsp3) is 0.692. The molecule has 0 radical (unpaired) electrons. The van der Waals surface area contributed by atoms with Crippen LogP contribution in [-0.2, 0) is 6.42 Å². The summed E-state index contributed by atoms with van der Waals surface area (Å²) in [7, 11) is 0. The monoisotopic (exact) mass is 249 g/mol. The second kappa shape index (κ2) is 6.00. The lowest BCUT2D eigenvalue weighted by molar-refractivity contribution is 0.393. The molecule has 5 nitrogen and oxygen atoms in total. The lowest BCUT2D eigenvalue weighted by Crippen LogP contribution is -2.34. The fourth-order valence-corrected chi connectivity index (χ4v) is 2.45. The molecule has 1 fully saturated rings. The Bertz CT molecular complexity index is 363. The van der Waals surface area contributed by atoms with Gasteiger partial charge in [-0.3, -0.25) is 0 Å². The fourth-order valence-electron chi connectivity index (χ4n) is 2.45. The molecular weight excluding hydrogens is 226 g/mol. The number of nitrogens with one attached hydrogen (secondary N) is 1. The van der Waals surface area contributed by atoms with Crippen LogP contribution in [0.1, 0.15) is 38.9 Å². The Labute approximate surface area is 109 Å². The van der Waals surface area contributed by atoms with Crippen molar-refractivity contribution < 1.29 is 0 Å². The molecule has 0 atom stereocenters. The van der Waals surface area contributed by atoms with Gasteiger partial charge in [0.15, 0.2) is 0 Å². The molecule has 1 aliphatic heterocycles. The topological polar surface area (TPSA) is 67.1 Å². The van der Waals surface area contributed by atoms with Gasteiger partial charge in [0.1, 0.15) is 17.5 Å². The maximum atomic E-state index is 5.46. The number of hydrogen-bond donors (Lipinski definition) is 2. The number of aromatic nitrogens is 2. The highest BCUT2D eigenvalue weighted by Crippen LogP contribution is 2.24. The molecule has 5 heteroatoms. The molecule has 0 aromatic carbocycles. The van der Waals surface area contributed by atoms with Gasteiger partial charge < -0.3 is 10.3 Å². The highest BCUT2D eigenvalue weighted by molar-refractivity contribution is 5.49. The third kappa shape index (κ3) is 2.90. The Hall–Kier alpha value is -1.36. The zero-order valence-corrected chi connectivity index (χ0v) is 11.3. The summed E-state index contributed by atoms with van der Waals surface area (Å²) in [5.41, 5.74) is 2.62. The summed E-state index contributed by atoms with van der Waals surface area (Å²) >= 11 is 0. The van der Waals surface area contributed by atoms with E-state index in [1.807, 2.05) is 6.07 Å². The number of rotatable bonds is 4. The van der Waals surface area contributed by atoms with Crippen LogP contribution < -0.4 is 16.2 Å². The molecule has 3 N–H and O–H groups in total. The van der Waals surface area contributed by atoms with Crippen LogP contribution in [0.25, 0.3) is 0 Å². The Kier molecular flexibility index (Phi) is 4.36. The summed E-state index contributed by atoms with van der Waals surface area (Å²) in [6.45, 7) is 6.50. The van der Waals surface area contributed by atoms with Crippen LogP contribution in [0.3, 0.4) is 0 Å². The molecule has 1 aromatic heterocycles. The first-order valence-corrected chi connectivity index (χ1v) is 6.86. The summed E-state index contributed by atoms with van der Waals surface area (Å²) in [5, 5.41) is 0. The zero-order chi connectivity index (χ0) is 13.0. The second-order valence-electron chi connectivity index (χ2n) is 4.86. The smallest absolute Gasteiger partial charge is 0.145 e. The summed E-state index contributed by atoms with van der Waals surface area (Å²) in [4.78, 5) is 11.3. The van der Waals surface area contributed by atoms with Crippen LogP contribution in [0.4, 0.5) is 11.6 Å². The third-order valence-corrected chi connectivity index (χ3v) is 3.74. The van der Waals surface area contributed by atoms with Crippen LogP contribution in [0.5, 0.6) is 0 Å². The average Bonchev–Trinajstić information content (AvgIpc) is 2.46. The predicted octanol–water partition coefficient (Wildman–Crippen LogP) is 1.95. The first-order valence-electron chi connectivity index (χ1n) is 6.86. The van der Waals surface area contributed by atoms with E-state index in [2.05, 4.69) is 34.1 Å². The second-order valence-corrected chi connectivity index (χ2v) is 4.86. The zero-order valence-electron chi connectivity index (χ0n) is 11.3. The van der Waals surface area contributed by atoms with Gasteiger partial charge in [0.25, 0.3) is 0 Å². The molecule has 2 rings (SSSR count). The number of anilines is 2. The van der Waals surface area contributed by atoms with Gasteiger partial charge in [0.05, 0.1) is 0 Å². The normalized spacial score (nSPS) is 16.9. The van der Waals surface area contributed by atoms with Gasteiger partial charge in [-0.25, -0.2) is 15.8 Å². The molecule has 0 saturated carbocycles. The van der Waals surface area contributed by atoms with E-state index in [9.17, 15) is 0 Å². The van der Waals surface area contributed by atoms with Gasteiger partial charge in [0.2, 0.25) is 0 Å². The van der Waals surface area contributed by atoms with Gasteiger partial charge in [-0.2, -0.15) is 0 Å². The largest absolute Gasteiger partial charge is 0.356 e. The summed E-state index contributed by atoms with van der Waals surface area (Å²) in [6, 6.07) is 1.94. The lowest BCUT2D eigenvalue weighted by Gasteiger charge is -2.32. The molecule has 0 amide bonds. The van der Waals surface area contributed by atoms with Crippen LogP contribution in [0, 0.1) is 5.92 Å². The number of nitrogens with two attached hydrogens (primary N) is 1. The van der Waals surface area contributed by atoms with Crippen molar-refractivity contribution in [2.75, 3.05) is 23.4 Å². The van der Waals surface area contributed by atoms with Crippen molar-refractivity contribution >= 4 is 11.6 Å². The minimum atomic E-state index is 0.703. The molecule has 1 saturated heterocycles. The molecule has 18 heavy (non-hydrogen) atoms. The Morgan fingerprint density at radius 2 is 2.06 bits per heavy atom. The number of hydrazine groups is 1. The van der Waals surface area contributed by atoms with Crippen molar-refractivity contribution in [1.29, 1.82) is 0 Å². The van der Waals surface area contributed by atoms with E-state index in [4.69, 9.17) is 5.84 Å². The number of nitrogens with zero attached hydrogens (tertiary/aromatic N) is 3. The minimum Gasteiger partial charge on any atom is -0.356 e. The Balaban J connectivity index is 2.13. The van der Waals surface area contributed by atoms with Gasteiger partial charge >= 0.3 is 0 Å². The molecular formula is C13H23N5. The van der Waals surface area contributed by atoms with E-state index in [0.29, 0.717) is 5.82 Å². The molecule has 0 unspecified atom stereocenters. The molecule has 0 spiro atoms. The van der Waals surface area contributed by atoms with Crippen molar-refractivity contribution in [1.82, 2.24) is 9.97 Å². The van der Waals surface area contributed by atoms with Crippen LogP contribution in [0.15, 0.2) is 6.07 Å². The molecule has 2 heterocycles. The van der Waals surface area contributed by atoms with Gasteiger partial charge in [-0.1, -0.05) is 20.3 Å². The summed E-state index contributed by atoms with van der Waals surface area (Å²) in [6.07, 6.45) is 4.63. The summed E-state index contributed by atoms with van der Waals surface area (Å²) in [5.74, 6) is 8.89. The molecule has 0 bridgehead atoms. The maximum absolute atomic E-state index is 5.46. The highest BCUT2D eigenvalue weighted by atomic mass is 15.3. The van der Waals surface area contributed by atoms with Crippen molar-refractivity contribution in [3.63, 3.8) is 0 Å². The third-order valence-electron chi connectivity index (χ3n) is 3.74. The first-order chi connectivity index (χ1) is 8.76. The van der Waals surface area contributed by atoms with E-state index >= 15 is 0 Å². The van der Waals surface area contributed by atoms with Crippen molar-refractivity contribution in [2.24, 2.45) is 11.8 Å². The predicted molar refractivity (Wildman–Crippen MR) is 74.4 cm³/mol. The van der Waals surface area contributed by atoms with Crippen LogP contribution >= 0.6 is 0 Å². The molecule has 1 aromatic rings. The number of nitrogen functional groups attached to an aromatic ring is 1. The van der Waals surface area contributed by atoms with E-state index in [1.165, 1.54) is 19.3 Å². The number of aryl methyl sites for hydroxylation is 1. The minimum absolute atomic E-state index is 0.703. The average molecular weight is 249 g/mol. The van der Waals surface area contributed by atoms with Crippen molar-refractivity contribution in [3.8, 4) is 0 Å². The Morgan fingerprint density at radius 1 is 1.33 bits per heavy atom. The number of piperidine rings is 1. The molecule has 0 aliphatic carbocycles. The van der Waals surface area contributed by atoms with E-state index in [1.54, 1.807) is 0 Å². The van der Waals surface area contributed by atoms with Crippen molar-refractivity contribution in [3.05, 3.63) is 11.9 Å². The summed E-state index contributed by atoms with van der Waals surface area (Å²) < 4.78 is 0. The van der Waals surface area contributed by atoms with Gasteiger partial charge in [-0.15, -0.1) is 0 Å². The maximum Gasteiger partial charge on any atom is 0.145 e. The molecule has 100 valence electrons. The lowest BCUT2D eigenvalue weighted by atomic mass is 9.94.